The van der Waals surface area contributed by atoms with Gasteiger partial charge >= 0.3 is 0 Å². The first kappa shape index (κ1) is 21.9. The van der Waals surface area contributed by atoms with Gasteiger partial charge in [0.25, 0.3) is 11.8 Å². The number of hydrogen-bond acceptors (Lipinski definition) is 4. The maximum Gasteiger partial charge on any atom is 0.282 e. The van der Waals surface area contributed by atoms with Crippen molar-refractivity contribution in [1.82, 2.24) is 0 Å². The molecule has 2 amide bonds. The van der Waals surface area contributed by atoms with Crippen molar-refractivity contribution in [2.45, 2.75) is 13.8 Å². The predicted molar refractivity (Wildman–Crippen MR) is 128 cm³/mol. The molecule has 32 heavy (non-hydrogen) atoms. The van der Waals surface area contributed by atoms with Crippen LogP contribution in [0.25, 0.3) is 5.57 Å². The van der Waals surface area contributed by atoms with Gasteiger partial charge in [0.05, 0.1) is 18.4 Å². The number of nitrogens with one attached hydrogen (secondary N) is 1. The molecule has 0 saturated heterocycles. The summed E-state index contributed by atoms with van der Waals surface area (Å²) in [5, 5.41) is 4.14. The molecule has 0 aliphatic carbocycles. The molecule has 0 bridgehead atoms. The second-order valence-corrected chi connectivity index (χ2v) is 8.21. The van der Waals surface area contributed by atoms with Crippen molar-refractivity contribution in [2.75, 3.05) is 17.3 Å². The number of halogens is 2. The highest BCUT2D eigenvalue weighted by molar-refractivity contribution is 6.47. The average Bonchev–Trinajstić information content (AvgIpc) is 3.02. The van der Waals surface area contributed by atoms with E-state index in [1.807, 2.05) is 13.0 Å². The van der Waals surface area contributed by atoms with Crippen LogP contribution in [0.4, 0.5) is 11.4 Å². The van der Waals surface area contributed by atoms with Gasteiger partial charge in [-0.25, -0.2) is 4.90 Å². The van der Waals surface area contributed by atoms with Gasteiger partial charge in [-0.15, -0.1) is 0 Å². The van der Waals surface area contributed by atoms with Crippen molar-refractivity contribution in [1.29, 1.82) is 0 Å². The van der Waals surface area contributed by atoms with E-state index in [2.05, 4.69) is 5.32 Å². The topological polar surface area (TPSA) is 58.6 Å². The Hall–Kier alpha value is -3.28. The first-order valence-corrected chi connectivity index (χ1v) is 10.6. The average molecular weight is 467 g/mol. The van der Waals surface area contributed by atoms with E-state index >= 15 is 0 Å². The molecule has 7 heteroatoms. The maximum atomic E-state index is 13.7. The molecule has 1 aliphatic rings. The van der Waals surface area contributed by atoms with E-state index in [1.54, 1.807) is 61.5 Å². The number of imide groups is 1. The second-order valence-electron chi connectivity index (χ2n) is 7.36. The molecule has 5 nitrogen and oxygen atoms in total. The Kier molecular flexibility index (Phi) is 5.96. The molecule has 0 saturated carbocycles. The van der Waals surface area contributed by atoms with Gasteiger partial charge in [0, 0.05) is 21.3 Å². The van der Waals surface area contributed by atoms with Crippen LogP contribution in [0.3, 0.4) is 0 Å². The van der Waals surface area contributed by atoms with E-state index in [0.717, 1.165) is 10.5 Å². The largest absolute Gasteiger partial charge is 0.496 e. The molecular formula is C25H20Cl2N2O3. The summed E-state index contributed by atoms with van der Waals surface area (Å²) in [5.41, 5.74) is 3.44. The maximum absolute atomic E-state index is 13.7. The van der Waals surface area contributed by atoms with Crippen LogP contribution in [-0.2, 0) is 9.59 Å². The molecule has 3 aromatic rings. The van der Waals surface area contributed by atoms with Crippen molar-refractivity contribution in [2.24, 2.45) is 0 Å². The van der Waals surface area contributed by atoms with Crippen molar-refractivity contribution < 1.29 is 14.3 Å². The molecule has 1 heterocycles. The molecule has 0 spiro atoms. The lowest BCUT2D eigenvalue weighted by atomic mass is 10.0. The minimum absolute atomic E-state index is 0.143. The molecule has 1 N–H and O–H groups in total. The van der Waals surface area contributed by atoms with E-state index in [9.17, 15) is 9.59 Å². The molecule has 1 aliphatic heterocycles. The number of hydrogen-bond donors (Lipinski definition) is 1. The van der Waals surface area contributed by atoms with Crippen LogP contribution in [0.15, 0.2) is 66.4 Å². The van der Waals surface area contributed by atoms with E-state index in [-0.39, 0.29) is 11.3 Å². The summed E-state index contributed by atoms with van der Waals surface area (Å²) in [6.45, 7) is 3.66. The molecule has 0 atom stereocenters. The smallest absolute Gasteiger partial charge is 0.282 e. The van der Waals surface area contributed by atoms with Gasteiger partial charge in [-0.05, 0) is 55.3 Å². The number of carbonyl (C=O) groups is 2. The van der Waals surface area contributed by atoms with Gasteiger partial charge in [-0.3, -0.25) is 9.59 Å². The highest BCUT2D eigenvalue weighted by atomic mass is 35.5. The highest BCUT2D eigenvalue weighted by Crippen LogP contribution is 2.39. The number of benzene rings is 3. The van der Waals surface area contributed by atoms with E-state index in [0.29, 0.717) is 38.3 Å². The summed E-state index contributed by atoms with van der Waals surface area (Å²) < 4.78 is 5.48. The Morgan fingerprint density at radius 2 is 1.66 bits per heavy atom. The zero-order chi connectivity index (χ0) is 23.0. The van der Waals surface area contributed by atoms with Crippen molar-refractivity contribution in [3.63, 3.8) is 0 Å². The molecule has 0 fully saturated rings. The molecule has 4 rings (SSSR count). The lowest BCUT2D eigenvalue weighted by Gasteiger charge is -2.18. The quantitative estimate of drug-likeness (QED) is 0.467. The first-order chi connectivity index (χ1) is 15.3. The number of ether oxygens (including phenoxy) is 1. The number of aryl methyl sites for hydroxylation is 1. The number of para-hydroxylation sites is 1. The number of anilines is 2. The zero-order valence-electron chi connectivity index (χ0n) is 17.7. The summed E-state index contributed by atoms with van der Waals surface area (Å²) in [7, 11) is 1.52. The number of amides is 2. The fraction of sp³-hybridized carbons (Fsp3) is 0.120. The SMILES string of the molecule is COc1ccccc1C1=C(Nc2cc(Cl)ccc2C)C(=O)N(c2cccc(Cl)c2C)C1=O. The highest BCUT2D eigenvalue weighted by Gasteiger charge is 2.42. The van der Waals surface area contributed by atoms with Crippen LogP contribution in [0, 0.1) is 13.8 Å². The van der Waals surface area contributed by atoms with Gasteiger partial charge in [0.15, 0.2) is 0 Å². The standard InChI is InChI=1S/C25H20Cl2N2O3/c1-14-11-12-16(26)13-19(14)28-23-22(17-7-4-5-10-21(17)32-3)24(30)29(25(23)31)20-9-6-8-18(27)15(20)2/h4-13,28H,1-3H3. The summed E-state index contributed by atoms with van der Waals surface area (Å²) in [6.07, 6.45) is 0. The van der Waals surface area contributed by atoms with Crippen LogP contribution in [-0.4, -0.2) is 18.9 Å². The first-order valence-electron chi connectivity index (χ1n) is 9.88. The summed E-state index contributed by atoms with van der Waals surface area (Å²) in [5.74, 6) is -0.469. The zero-order valence-corrected chi connectivity index (χ0v) is 19.2. The van der Waals surface area contributed by atoms with E-state index in [1.165, 1.54) is 7.11 Å². The minimum atomic E-state index is -0.486. The van der Waals surface area contributed by atoms with Gasteiger partial charge in [0.1, 0.15) is 11.4 Å². The van der Waals surface area contributed by atoms with Crippen LogP contribution in [0.2, 0.25) is 10.0 Å². The molecule has 0 unspecified atom stereocenters. The third-order valence-corrected chi connectivity index (χ3v) is 6.04. The Morgan fingerprint density at radius 3 is 2.41 bits per heavy atom. The predicted octanol–water partition coefficient (Wildman–Crippen LogP) is 6.02. The fourth-order valence-corrected chi connectivity index (χ4v) is 4.01. The van der Waals surface area contributed by atoms with Gasteiger partial charge in [0.2, 0.25) is 0 Å². The van der Waals surface area contributed by atoms with Crippen LogP contribution in [0.5, 0.6) is 5.75 Å². The molecule has 3 aromatic carbocycles. The number of methoxy groups -OCH3 is 1. The normalized spacial score (nSPS) is 13.7. The van der Waals surface area contributed by atoms with E-state index in [4.69, 9.17) is 27.9 Å². The van der Waals surface area contributed by atoms with Crippen LogP contribution < -0.4 is 15.0 Å². The Balaban J connectivity index is 1.92. The lowest BCUT2D eigenvalue weighted by molar-refractivity contribution is -0.120. The van der Waals surface area contributed by atoms with Crippen molar-refractivity contribution in [3.05, 3.63) is 93.1 Å². The van der Waals surface area contributed by atoms with Gasteiger partial charge in [-0.2, -0.15) is 0 Å². The van der Waals surface area contributed by atoms with Crippen molar-refractivity contribution in [3.8, 4) is 5.75 Å². The summed E-state index contributed by atoms with van der Waals surface area (Å²) >= 11 is 12.5. The van der Waals surface area contributed by atoms with Crippen LogP contribution >= 0.6 is 23.2 Å². The number of rotatable bonds is 5. The number of nitrogens with zero attached hydrogens (tertiary/aromatic N) is 1. The summed E-state index contributed by atoms with van der Waals surface area (Å²) in [4.78, 5) is 28.5. The Labute approximate surface area is 196 Å². The second kappa shape index (κ2) is 8.69. The molecule has 162 valence electrons. The molecular weight excluding hydrogens is 447 g/mol. The van der Waals surface area contributed by atoms with Gasteiger partial charge in [-0.1, -0.05) is 53.5 Å². The Bertz CT molecular complexity index is 1280. The van der Waals surface area contributed by atoms with Crippen LogP contribution in [0.1, 0.15) is 16.7 Å². The third kappa shape index (κ3) is 3.74. The molecule has 0 radical (unpaired) electrons. The Morgan fingerprint density at radius 1 is 0.906 bits per heavy atom. The van der Waals surface area contributed by atoms with Gasteiger partial charge < -0.3 is 10.1 Å². The molecule has 0 aromatic heterocycles. The van der Waals surface area contributed by atoms with E-state index < -0.39 is 11.8 Å². The third-order valence-electron chi connectivity index (χ3n) is 5.40. The number of carbonyl (C=O) groups excluding carboxylic acids is 2. The van der Waals surface area contributed by atoms with Crippen molar-refractivity contribution >= 4 is 52.0 Å². The minimum Gasteiger partial charge on any atom is -0.496 e. The monoisotopic (exact) mass is 466 g/mol. The summed E-state index contributed by atoms with van der Waals surface area (Å²) in [6, 6.07) is 17.5. The fourth-order valence-electron chi connectivity index (χ4n) is 3.67. The lowest BCUT2D eigenvalue weighted by Crippen LogP contribution is -2.33.